The second-order valence-electron chi connectivity index (χ2n) is 8.46. The minimum absolute atomic E-state index is 0.0387. The average Bonchev–Trinajstić information content (AvgIpc) is 3.16. The van der Waals surface area contributed by atoms with Crippen molar-refractivity contribution in [3.05, 3.63) is 80.1 Å². The largest absolute Gasteiger partial charge is 0.478 e. The molecule has 0 fully saturated rings. The van der Waals surface area contributed by atoms with Crippen molar-refractivity contribution < 1.29 is 32.6 Å². The average molecular weight is 492 g/mol. The topological polar surface area (TPSA) is 75.6 Å². The number of alkyl halides is 3. The molecule has 0 radical (unpaired) electrons. The molecular formula is C25H24F3NO4S. The lowest BCUT2D eigenvalue weighted by Crippen LogP contribution is -2.38. The Balaban J connectivity index is 1.54. The molecule has 0 saturated heterocycles. The van der Waals surface area contributed by atoms with Gasteiger partial charge in [-0.2, -0.15) is 13.2 Å². The molecule has 2 atom stereocenters. The summed E-state index contributed by atoms with van der Waals surface area (Å²) in [5, 5.41) is 12.2. The lowest BCUT2D eigenvalue weighted by molar-refractivity contribution is -0.137. The highest BCUT2D eigenvalue weighted by Gasteiger charge is 2.31. The Morgan fingerprint density at radius 1 is 1.26 bits per heavy atom. The Kier molecular flexibility index (Phi) is 6.95. The van der Waals surface area contributed by atoms with Crippen LogP contribution in [0.1, 0.15) is 50.1 Å². The molecule has 180 valence electrons. The summed E-state index contributed by atoms with van der Waals surface area (Å²) in [5.74, 6) is -1.25. The van der Waals surface area contributed by atoms with Crippen molar-refractivity contribution in [2.45, 2.75) is 45.0 Å². The van der Waals surface area contributed by atoms with Gasteiger partial charge in [-0.1, -0.05) is 30.4 Å². The number of benzene rings is 1. The van der Waals surface area contributed by atoms with Crippen LogP contribution in [0.2, 0.25) is 0 Å². The first-order valence-electron chi connectivity index (χ1n) is 10.9. The summed E-state index contributed by atoms with van der Waals surface area (Å²) < 4.78 is 44.3. The highest BCUT2D eigenvalue weighted by Crippen LogP contribution is 2.35. The number of allylic oxidation sites excluding steroid dienone is 1. The van der Waals surface area contributed by atoms with Crippen molar-refractivity contribution in [2.24, 2.45) is 5.92 Å². The van der Waals surface area contributed by atoms with Gasteiger partial charge in [0.15, 0.2) is 0 Å². The molecule has 1 aliphatic heterocycles. The van der Waals surface area contributed by atoms with Gasteiger partial charge >= 0.3 is 12.1 Å². The molecule has 2 aliphatic rings. The minimum atomic E-state index is -4.40. The van der Waals surface area contributed by atoms with Gasteiger partial charge in [0, 0.05) is 28.1 Å². The third-order valence-corrected chi connectivity index (χ3v) is 7.35. The maximum absolute atomic E-state index is 13.4. The minimum Gasteiger partial charge on any atom is -0.478 e. The second-order valence-corrected chi connectivity index (χ2v) is 9.65. The SMILES string of the molecule is C[C@@H](NC(=O)c1c(Cc2ccc(C(F)(F)F)cc2)sc2c1CCOC2)C1C=CC(C(=O)O)=CC1. The molecule has 0 saturated carbocycles. The van der Waals surface area contributed by atoms with Crippen LogP contribution in [0.5, 0.6) is 0 Å². The lowest BCUT2D eigenvalue weighted by Gasteiger charge is -2.24. The van der Waals surface area contributed by atoms with E-state index in [0.717, 1.165) is 27.5 Å². The van der Waals surface area contributed by atoms with Crippen molar-refractivity contribution >= 4 is 23.2 Å². The molecule has 4 rings (SSSR count). The fraction of sp³-hybridized carbons (Fsp3) is 0.360. The van der Waals surface area contributed by atoms with E-state index >= 15 is 0 Å². The van der Waals surface area contributed by atoms with Crippen molar-refractivity contribution in [3.63, 3.8) is 0 Å². The number of aliphatic carboxylic acids is 1. The zero-order chi connectivity index (χ0) is 24.5. The van der Waals surface area contributed by atoms with E-state index in [9.17, 15) is 22.8 Å². The van der Waals surface area contributed by atoms with E-state index in [2.05, 4.69) is 5.32 Å². The van der Waals surface area contributed by atoms with Crippen molar-refractivity contribution in [1.29, 1.82) is 0 Å². The van der Waals surface area contributed by atoms with Crippen LogP contribution in [-0.4, -0.2) is 29.6 Å². The van der Waals surface area contributed by atoms with Gasteiger partial charge in [-0.25, -0.2) is 4.79 Å². The lowest BCUT2D eigenvalue weighted by atomic mass is 9.90. The van der Waals surface area contributed by atoms with Gasteiger partial charge in [0.2, 0.25) is 0 Å². The zero-order valence-electron chi connectivity index (χ0n) is 18.4. The van der Waals surface area contributed by atoms with E-state index in [1.165, 1.54) is 23.5 Å². The number of amides is 1. The number of nitrogens with one attached hydrogen (secondary N) is 1. The summed E-state index contributed by atoms with van der Waals surface area (Å²) in [6.07, 6.45) is 2.06. The smallest absolute Gasteiger partial charge is 0.416 e. The monoisotopic (exact) mass is 491 g/mol. The Hall–Kier alpha value is -2.91. The van der Waals surface area contributed by atoms with Gasteiger partial charge in [0.1, 0.15) is 0 Å². The van der Waals surface area contributed by atoms with Gasteiger partial charge < -0.3 is 15.2 Å². The second kappa shape index (κ2) is 9.76. The van der Waals surface area contributed by atoms with Crippen LogP contribution >= 0.6 is 11.3 Å². The summed E-state index contributed by atoms with van der Waals surface area (Å²) in [4.78, 5) is 26.2. The van der Waals surface area contributed by atoms with E-state index in [4.69, 9.17) is 9.84 Å². The first-order chi connectivity index (χ1) is 16.1. The van der Waals surface area contributed by atoms with E-state index in [0.29, 0.717) is 43.6 Å². The molecule has 1 aromatic heterocycles. The molecular weight excluding hydrogens is 467 g/mol. The summed E-state index contributed by atoms with van der Waals surface area (Å²) in [5.41, 5.74) is 1.74. The van der Waals surface area contributed by atoms with Gasteiger partial charge in [0.25, 0.3) is 5.91 Å². The summed E-state index contributed by atoms with van der Waals surface area (Å²) >= 11 is 1.46. The highest BCUT2D eigenvalue weighted by atomic mass is 32.1. The van der Waals surface area contributed by atoms with Gasteiger partial charge in [-0.05, 0) is 43.0 Å². The maximum Gasteiger partial charge on any atom is 0.416 e. The number of hydrogen-bond acceptors (Lipinski definition) is 4. The molecule has 1 aliphatic carbocycles. The van der Waals surface area contributed by atoms with Gasteiger partial charge in [0.05, 0.1) is 29.9 Å². The quantitative estimate of drug-likeness (QED) is 0.587. The molecule has 9 heteroatoms. The standard InChI is InChI=1S/C25H24F3NO4S/c1-14(16-4-6-17(7-5-16)24(31)32)29-23(30)22-19-10-11-33-13-21(19)34-20(22)12-15-2-8-18(9-3-15)25(26,27)28/h2-4,6-9,14,16H,5,10-13H2,1H3,(H,29,30)(H,31,32)/t14-,16?/m1/s1. The summed E-state index contributed by atoms with van der Waals surface area (Å²) in [6.45, 7) is 2.80. The molecule has 0 spiro atoms. The Bertz CT molecular complexity index is 1150. The first kappa shape index (κ1) is 24.2. The fourth-order valence-electron chi connectivity index (χ4n) is 4.23. The number of fused-ring (bicyclic) bond motifs is 1. The molecule has 0 bridgehead atoms. The number of carbonyl (C=O) groups excluding carboxylic acids is 1. The number of thiophene rings is 1. The van der Waals surface area contributed by atoms with E-state index in [1.54, 1.807) is 18.2 Å². The Morgan fingerprint density at radius 2 is 2.00 bits per heavy atom. The maximum atomic E-state index is 13.4. The number of hydrogen-bond donors (Lipinski definition) is 2. The van der Waals surface area contributed by atoms with Crippen LogP contribution in [0, 0.1) is 5.92 Å². The van der Waals surface area contributed by atoms with Gasteiger partial charge in [-0.3, -0.25) is 4.79 Å². The summed E-state index contributed by atoms with van der Waals surface area (Å²) in [6, 6.07) is 4.78. The van der Waals surface area contributed by atoms with E-state index < -0.39 is 17.7 Å². The van der Waals surface area contributed by atoms with Crippen molar-refractivity contribution in [1.82, 2.24) is 5.32 Å². The number of rotatable bonds is 6. The normalized spacial score (nSPS) is 18.7. The molecule has 1 aromatic carbocycles. The molecule has 2 N–H and O–H groups in total. The highest BCUT2D eigenvalue weighted by molar-refractivity contribution is 7.12. The predicted molar refractivity (Wildman–Crippen MR) is 122 cm³/mol. The van der Waals surface area contributed by atoms with Crippen LogP contribution in [0.15, 0.2) is 48.1 Å². The number of carbonyl (C=O) groups is 2. The molecule has 2 aromatic rings. The van der Waals surface area contributed by atoms with E-state index in [-0.39, 0.29) is 23.4 Å². The van der Waals surface area contributed by atoms with Crippen molar-refractivity contribution in [3.8, 4) is 0 Å². The van der Waals surface area contributed by atoms with Crippen LogP contribution < -0.4 is 5.32 Å². The molecule has 1 unspecified atom stereocenters. The van der Waals surface area contributed by atoms with Crippen LogP contribution in [0.25, 0.3) is 0 Å². The number of carboxylic acid groups (broad SMARTS) is 1. The zero-order valence-corrected chi connectivity index (χ0v) is 19.3. The molecule has 34 heavy (non-hydrogen) atoms. The number of carboxylic acids is 1. The third kappa shape index (κ3) is 5.26. The predicted octanol–water partition coefficient (Wildman–Crippen LogP) is 5.14. The number of ether oxygens (including phenoxy) is 1. The Morgan fingerprint density at radius 3 is 2.62 bits per heavy atom. The molecule has 2 heterocycles. The first-order valence-corrected chi connectivity index (χ1v) is 11.7. The third-order valence-electron chi connectivity index (χ3n) is 6.15. The van der Waals surface area contributed by atoms with Crippen molar-refractivity contribution in [2.75, 3.05) is 6.61 Å². The molecule has 5 nitrogen and oxygen atoms in total. The van der Waals surface area contributed by atoms with Crippen LogP contribution in [0.3, 0.4) is 0 Å². The summed E-state index contributed by atoms with van der Waals surface area (Å²) in [7, 11) is 0. The van der Waals surface area contributed by atoms with Gasteiger partial charge in [-0.15, -0.1) is 11.3 Å². The molecule has 1 amide bonds. The van der Waals surface area contributed by atoms with Crippen LogP contribution in [0.4, 0.5) is 13.2 Å². The fourth-order valence-corrected chi connectivity index (χ4v) is 5.55. The van der Waals surface area contributed by atoms with E-state index in [1.807, 2.05) is 6.92 Å². The number of halogens is 3. The Labute approximate surface area is 198 Å². The van der Waals surface area contributed by atoms with Crippen LogP contribution in [-0.2, 0) is 35.2 Å².